The van der Waals surface area contributed by atoms with Crippen molar-refractivity contribution >= 4 is 153 Å². The zero-order valence-electron chi connectivity index (χ0n) is 57.7. The van der Waals surface area contributed by atoms with Crippen molar-refractivity contribution in [1.29, 1.82) is 10.5 Å². The average molecular weight is 1510 g/mol. The molecule has 0 saturated carbocycles. The number of thiazole rings is 2. The van der Waals surface area contributed by atoms with Gasteiger partial charge >= 0.3 is 0 Å². The second-order valence-corrected chi connectivity index (χ2v) is 28.5. The Bertz CT molecular complexity index is 4710. The summed E-state index contributed by atoms with van der Waals surface area (Å²) in [6.45, 7) is 11.5. The van der Waals surface area contributed by atoms with E-state index in [-0.39, 0.29) is 88.3 Å². The number of aliphatic hydroxyl groups is 2. The first kappa shape index (κ1) is 75.2. The fourth-order valence-corrected chi connectivity index (χ4v) is 15.6. The van der Waals surface area contributed by atoms with Gasteiger partial charge in [0, 0.05) is 77.6 Å². The Morgan fingerprint density at radius 3 is 1.30 bits per heavy atom. The molecule has 105 heavy (non-hydrogen) atoms. The van der Waals surface area contributed by atoms with Crippen LogP contribution in [0.15, 0.2) is 102 Å². The van der Waals surface area contributed by atoms with Crippen LogP contribution in [0.1, 0.15) is 117 Å². The first-order valence-electron chi connectivity index (χ1n) is 33.3. The quantitative estimate of drug-likeness (QED) is 0.0110. The second kappa shape index (κ2) is 32.4. The van der Waals surface area contributed by atoms with E-state index in [1.165, 1.54) is 50.6 Å². The summed E-state index contributed by atoms with van der Waals surface area (Å²) < 4.78 is 81.5. The molecule has 6 N–H and O–H groups in total. The lowest BCUT2D eigenvalue weighted by Crippen LogP contribution is -2.31. The van der Waals surface area contributed by atoms with Crippen LogP contribution in [0, 0.1) is 22.7 Å². The van der Waals surface area contributed by atoms with Gasteiger partial charge < -0.3 is 54.8 Å². The Kier molecular flexibility index (Phi) is 23.2. The topological polar surface area (TPSA) is 444 Å². The fourth-order valence-electron chi connectivity index (χ4n) is 12.5. The zero-order valence-corrected chi connectivity index (χ0v) is 61.0. The third-order valence-corrected chi connectivity index (χ3v) is 21.1. The van der Waals surface area contributed by atoms with Crippen molar-refractivity contribution in [2.24, 2.45) is 20.5 Å². The summed E-state index contributed by atoms with van der Waals surface area (Å²) in [5.41, 5.74) is -0.577. The number of carbonyl (C=O) groups excluding carboxylic acids is 4. The lowest BCUT2D eigenvalue weighted by Gasteiger charge is -2.27. The van der Waals surface area contributed by atoms with Crippen molar-refractivity contribution in [3.05, 3.63) is 104 Å². The monoisotopic (exact) mass is 1510 g/mol. The number of piperidine rings is 2. The van der Waals surface area contributed by atoms with E-state index in [0.29, 0.717) is 106 Å². The first-order valence-corrected chi connectivity index (χ1v) is 37.8. The van der Waals surface area contributed by atoms with Crippen LogP contribution in [0.5, 0.6) is 11.5 Å². The third kappa shape index (κ3) is 15.8. The largest absolute Gasteiger partial charge is 0.494 e. The van der Waals surface area contributed by atoms with Gasteiger partial charge in [0.15, 0.2) is 0 Å². The van der Waals surface area contributed by atoms with Gasteiger partial charge in [-0.25, -0.2) is 9.80 Å². The number of aliphatic hydroxyl groups excluding tert-OH is 2. The molecule has 4 amide bonds. The number of hydrogen-bond acceptors (Lipinski definition) is 32. The highest BCUT2D eigenvalue weighted by atomic mass is 32.2. The molecule has 7 aromatic rings. The Labute approximate surface area is 611 Å². The van der Waals surface area contributed by atoms with Gasteiger partial charge in [-0.3, -0.25) is 28.3 Å². The summed E-state index contributed by atoms with van der Waals surface area (Å²) in [5.74, 6) is -2.86. The third-order valence-electron chi connectivity index (χ3n) is 17.5. The molecule has 7 heterocycles. The predicted octanol–water partition coefficient (Wildman–Crippen LogP) is 10.4. The maximum atomic E-state index is 13.9. The van der Waals surface area contributed by atoms with Gasteiger partial charge in [-0.05, 0) is 115 Å². The predicted molar refractivity (Wildman–Crippen MR) is 391 cm³/mol. The number of allylic oxidation sites excluding steroid dienone is 2. The Morgan fingerprint density at radius 1 is 0.562 bits per heavy atom. The number of nitriles is 2. The highest BCUT2D eigenvalue weighted by Crippen LogP contribution is 2.46. The van der Waals surface area contributed by atoms with Gasteiger partial charge in [0.05, 0.1) is 82.2 Å². The molecular weight excluding hydrogens is 1440 g/mol. The molecule has 2 saturated heterocycles. The number of nitrogens with zero attached hydrogens (tertiary/aromatic N) is 18. The van der Waals surface area contributed by atoms with E-state index in [1.54, 1.807) is 29.2 Å². The lowest BCUT2D eigenvalue weighted by atomic mass is 10.1. The number of rotatable bonds is 29. The summed E-state index contributed by atoms with van der Waals surface area (Å²) >= 11 is 1.97. The average Bonchev–Trinajstić information content (AvgIpc) is 1.60. The van der Waals surface area contributed by atoms with Crippen LogP contribution in [-0.2, 0) is 20.2 Å². The molecule has 2 fully saturated rings. The number of hydrogen-bond donors (Lipinski definition) is 6. The van der Waals surface area contributed by atoms with E-state index >= 15 is 0 Å². The van der Waals surface area contributed by atoms with E-state index < -0.39 is 76.2 Å². The van der Waals surface area contributed by atoms with Gasteiger partial charge in [-0.1, -0.05) is 34.8 Å². The number of anilines is 9. The summed E-state index contributed by atoms with van der Waals surface area (Å²) in [6, 6.07) is 17.5. The molecule has 34 nitrogen and oxygen atoms in total. The van der Waals surface area contributed by atoms with Crippen molar-refractivity contribution in [2.45, 2.75) is 76.0 Å². The second-order valence-electron chi connectivity index (χ2n) is 23.7. The molecule has 548 valence electrons. The van der Waals surface area contributed by atoms with E-state index in [0.717, 1.165) is 73.3 Å². The molecule has 0 spiro atoms. The van der Waals surface area contributed by atoms with Crippen LogP contribution in [0.4, 0.5) is 73.9 Å². The van der Waals surface area contributed by atoms with Crippen LogP contribution in [-0.4, -0.2) is 187 Å². The molecule has 0 atom stereocenters. The summed E-state index contributed by atoms with van der Waals surface area (Å²) in [7, 11) is -6.94. The standard InChI is InChI=1S/C67H72N20O14S4/c1-7-81(8-2)47-33-43(45(35-49(47)100-5)77-79-66-72-57(83-23-13-11-14-24-83)51(102-66)31-39(37-68)86-59(90)41-19-17-21-53(104(94,95)96)55(41)61(86)92)70-63-74-64(76-65(75-63)85(27-29-88)28-30-89)71-44-34-48(82(9-3)10-4)50(101-6)36-46(44)78-80-67-73-58(84-25-15-12-16-26-84)52(103-67)32-40(38-69)87-60(91)42-20-18-22-54(105(97,98)99)56(42)62(87)93/h17-22,31-36,88-89H,7-16,23-30H2,1-6H3,(H,94,95,96)(H,97,98,99)(H2,70,71,74,75,76)/b39-31+,40-32+,79-77+,80-78+. The van der Waals surface area contributed by atoms with Gasteiger partial charge in [0.1, 0.15) is 67.8 Å². The lowest BCUT2D eigenvalue weighted by molar-refractivity contribution is 0.0695. The minimum Gasteiger partial charge on any atom is -0.494 e. The van der Waals surface area contributed by atoms with Gasteiger partial charge in [-0.15, -0.1) is 20.5 Å². The van der Waals surface area contributed by atoms with Crippen molar-refractivity contribution in [3.63, 3.8) is 0 Å². The molecule has 0 bridgehead atoms. The number of amides is 4. The Balaban J connectivity index is 0.995. The number of aromatic nitrogens is 5. The number of benzene rings is 4. The van der Waals surface area contributed by atoms with E-state index in [1.807, 2.05) is 59.4 Å². The Morgan fingerprint density at radius 2 is 0.952 bits per heavy atom. The van der Waals surface area contributed by atoms with Crippen LogP contribution in [0.2, 0.25) is 0 Å². The van der Waals surface area contributed by atoms with Crippen molar-refractivity contribution in [2.75, 3.05) is 128 Å². The summed E-state index contributed by atoms with van der Waals surface area (Å²) in [4.78, 5) is 89.6. The Hall–Kier alpha value is -11.0. The molecule has 11 rings (SSSR count). The molecule has 4 aliphatic heterocycles. The summed E-state index contributed by atoms with van der Waals surface area (Å²) in [5, 5.41) is 67.5. The van der Waals surface area contributed by atoms with Gasteiger partial charge in [0.25, 0.3) is 43.9 Å². The molecule has 4 aromatic carbocycles. The highest BCUT2D eigenvalue weighted by molar-refractivity contribution is 7.86. The number of nitrogens with one attached hydrogen (secondary N) is 2. The minimum atomic E-state index is -4.97. The van der Waals surface area contributed by atoms with Crippen molar-refractivity contribution in [3.8, 4) is 23.6 Å². The number of carbonyl (C=O) groups is 4. The molecular formula is C67H72N20O14S4. The highest BCUT2D eigenvalue weighted by Gasteiger charge is 2.44. The van der Waals surface area contributed by atoms with Crippen LogP contribution in [0.25, 0.3) is 12.2 Å². The van der Waals surface area contributed by atoms with Crippen LogP contribution >= 0.6 is 22.7 Å². The van der Waals surface area contributed by atoms with Gasteiger partial charge in [0.2, 0.25) is 28.1 Å². The molecule has 0 unspecified atom stereocenters. The molecule has 38 heteroatoms. The number of azo groups is 2. The summed E-state index contributed by atoms with van der Waals surface area (Å²) in [6.07, 6.45) is 7.68. The molecule has 4 aliphatic rings. The number of ether oxygens (including phenoxy) is 2. The SMILES string of the molecule is CCN(CC)c1cc(Nc2nc(Nc3cc(N(CC)CC)c(OC)cc3/N=N/c3nc(N4CCCCC4)c(/C=C(\C#N)N4C(=O)c5cccc(S(=O)(=O)O)c5C4=O)s3)nc(N(CCO)CCO)n2)c(/N=N/c2nc(N3CCCCC3)c(/C=C(\C#N)N3C(=O)c4cccc(S(=O)(=O)O)c4C3=O)s2)cc1OC. The van der Waals surface area contributed by atoms with Crippen LogP contribution < -0.4 is 44.6 Å². The van der Waals surface area contributed by atoms with E-state index in [4.69, 9.17) is 44.6 Å². The molecule has 0 aliphatic carbocycles. The minimum absolute atomic E-state index is 0.00438. The van der Waals surface area contributed by atoms with Crippen LogP contribution in [0.3, 0.4) is 0 Å². The maximum absolute atomic E-state index is 13.9. The van der Waals surface area contributed by atoms with E-state index in [2.05, 4.69) is 20.9 Å². The fraction of sp³-hybridized carbons (Fsp3) is 0.358. The molecule has 0 radical (unpaired) electrons. The maximum Gasteiger partial charge on any atom is 0.295 e. The number of fused-ring (bicyclic) bond motifs is 2. The van der Waals surface area contributed by atoms with E-state index in [9.17, 15) is 65.9 Å². The zero-order chi connectivity index (χ0) is 75.0. The van der Waals surface area contributed by atoms with Crippen molar-refractivity contribution in [1.82, 2.24) is 34.7 Å². The van der Waals surface area contributed by atoms with Crippen molar-refractivity contribution < 1.29 is 64.8 Å². The smallest absolute Gasteiger partial charge is 0.295 e. The molecule has 3 aromatic heterocycles. The number of methoxy groups -OCH3 is 2. The van der Waals surface area contributed by atoms with Gasteiger partial charge in [-0.2, -0.15) is 52.3 Å². The first-order chi connectivity index (χ1) is 50.5. The number of imide groups is 2. The normalized spacial score (nSPS) is 15.0.